The maximum absolute atomic E-state index is 14.7. The molecule has 5 aliphatic rings. The van der Waals surface area contributed by atoms with E-state index in [-0.39, 0.29) is 23.9 Å². The van der Waals surface area contributed by atoms with Crippen molar-refractivity contribution in [2.45, 2.75) is 57.2 Å². The third-order valence-corrected chi connectivity index (χ3v) is 11.1. The molecule has 0 aromatic heterocycles. The lowest BCUT2D eigenvalue weighted by molar-refractivity contribution is -0.125. The van der Waals surface area contributed by atoms with E-state index in [1.807, 2.05) is 30.5 Å². The molecule has 9 rings (SSSR count). The van der Waals surface area contributed by atoms with Crippen LogP contribution in [0.4, 0.5) is 0 Å². The minimum atomic E-state index is -0.329. The number of benzene rings is 4. The van der Waals surface area contributed by atoms with Gasteiger partial charge in [-0.05, 0) is 88.5 Å². The van der Waals surface area contributed by atoms with Crippen molar-refractivity contribution in [2.24, 2.45) is 15.9 Å². The predicted octanol–water partition coefficient (Wildman–Crippen LogP) is 4.61. The number of hydrogen-bond acceptors (Lipinski definition) is 5. The van der Waals surface area contributed by atoms with Crippen LogP contribution in [-0.4, -0.2) is 42.6 Å². The monoisotopic (exact) mass is 629 g/mol. The Hall–Kier alpha value is -4.87. The number of Topliss-reactive ketones (excluding diaryl/α,β-unsaturated/α-hetero) is 1. The third kappa shape index (κ3) is 4.67. The number of carbonyl (C=O) groups is 1. The predicted molar refractivity (Wildman–Crippen MR) is 190 cm³/mol. The molecule has 0 amide bonds. The number of nitrogens with zero attached hydrogens (tertiary/aromatic N) is 3. The summed E-state index contributed by atoms with van der Waals surface area (Å²) in [6.07, 6.45) is 7.94. The van der Waals surface area contributed by atoms with Crippen LogP contribution in [0.2, 0.25) is 0 Å². The Morgan fingerprint density at radius 1 is 0.875 bits per heavy atom. The minimum absolute atomic E-state index is 0.0544. The van der Waals surface area contributed by atoms with Gasteiger partial charge in [0.25, 0.3) is 0 Å². The van der Waals surface area contributed by atoms with Crippen molar-refractivity contribution in [1.82, 2.24) is 4.90 Å². The molecule has 0 bridgehead atoms. The van der Waals surface area contributed by atoms with Crippen LogP contribution < -0.4 is 21.0 Å². The Bertz CT molecular complexity index is 2410. The van der Waals surface area contributed by atoms with E-state index in [0.29, 0.717) is 18.1 Å². The van der Waals surface area contributed by atoms with Crippen LogP contribution in [0, 0.1) is 16.4 Å². The fourth-order valence-electron chi connectivity index (χ4n) is 8.89. The molecule has 0 N–H and O–H groups in total. The molecule has 2 aliphatic carbocycles. The van der Waals surface area contributed by atoms with Gasteiger partial charge in [0.1, 0.15) is 18.3 Å². The molecule has 0 spiro atoms. The molecule has 4 aromatic rings. The number of likely N-dealkylation sites (N-methyl/N-ethyl adjacent to an activating group) is 1. The van der Waals surface area contributed by atoms with Crippen molar-refractivity contribution in [1.29, 1.82) is 0 Å². The highest BCUT2D eigenvalue weighted by molar-refractivity contribution is 6.00. The molecule has 0 saturated carbocycles. The first-order valence-corrected chi connectivity index (χ1v) is 17.4. The number of allylic oxidation sites excluding steroid dienone is 1. The number of carbonyl (C=O) groups excluding carboxylic acids is 1. The van der Waals surface area contributed by atoms with E-state index >= 15 is 0 Å². The molecule has 1 fully saturated rings. The second kappa shape index (κ2) is 11.7. The lowest BCUT2D eigenvalue weighted by Crippen LogP contribution is -2.44. The van der Waals surface area contributed by atoms with E-state index in [1.54, 1.807) is 0 Å². The van der Waals surface area contributed by atoms with Gasteiger partial charge in [0.2, 0.25) is 0 Å². The molecule has 3 heterocycles. The van der Waals surface area contributed by atoms with Gasteiger partial charge >= 0.3 is 0 Å². The molecular formula is C43H39N3O2. The first-order valence-electron chi connectivity index (χ1n) is 17.4. The second-order valence-corrected chi connectivity index (χ2v) is 13.9. The topological polar surface area (TPSA) is 54.3 Å². The minimum Gasteiger partial charge on any atom is -0.485 e. The van der Waals surface area contributed by atoms with Crippen molar-refractivity contribution in [3.05, 3.63) is 151 Å². The maximum Gasteiger partial charge on any atom is 0.163 e. The summed E-state index contributed by atoms with van der Waals surface area (Å²) in [6.45, 7) is 3.72. The summed E-state index contributed by atoms with van der Waals surface area (Å²) in [4.78, 5) is 27.4. The highest BCUT2D eigenvalue weighted by Gasteiger charge is 2.42. The highest BCUT2D eigenvalue weighted by atomic mass is 16.5. The average Bonchev–Trinajstić information content (AvgIpc) is 3.74. The van der Waals surface area contributed by atoms with Gasteiger partial charge in [0.05, 0.1) is 17.6 Å². The fourth-order valence-corrected chi connectivity index (χ4v) is 8.89. The van der Waals surface area contributed by atoms with E-state index in [9.17, 15) is 4.79 Å². The van der Waals surface area contributed by atoms with Crippen LogP contribution in [0.3, 0.4) is 0 Å². The summed E-state index contributed by atoms with van der Waals surface area (Å²) < 4.78 is 6.44. The number of aliphatic imine (C=N–C) groups is 1. The summed E-state index contributed by atoms with van der Waals surface area (Å²) >= 11 is 0. The van der Waals surface area contributed by atoms with Crippen molar-refractivity contribution >= 4 is 29.2 Å². The number of hydrogen-bond donors (Lipinski definition) is 0. The van der Waals surface area contributed by atoms with Gasteiger partial charge in [-0.2, -0.15) is 0 Å². The van der Waals surface area contributed by atoms with Gasteiger partial charge in [0, 0.05) is 22.6 Å². The van der Waals surface area contributed by atoms with Crippen molar-refractivity contribution in [2.75, 3.05) is 13.6 Å². The fraction of sp³-hybridized carbons (Fsp3) is 0.279. The van der Waals surface area contributed by atoms with Gasteiger partial charge < -0.3 is 4.74 Å². The Morgan fingerprint density at radius 3 is 2.48 bits per heavy atom. The number of dihydropyridines is 1. The zero-order valence-electron chi connectivity index (χ0n) is 27.5. The maximum atomic E-state index is 14.7. The molecule has 3 aliphatic heterocycles. The van der Waals surface area contributed by atoms with Gasteiger partial charge in [0.15, 0.2) is 11.5 Å². The van der Waals surface area contributed by atoms with Gasteiger partial charge in [-0.1, -0.05) is 97.9 Å². The van der Waals surface area contributed by atoms with E-state index in [4.69, 9.17) is 14.7 Å². The summed E-state index contributed by atoms with van der Waals surface area (Å²) in [7, 11) is 2.11. The summed E-state index contributed by atoms with van der Waals surface area (Å²) in [5.41, 5.74) is 6.89. The lowest BCUT2D eigenvalue weighted by Gasteiger charge is -2.35. The Balaban J connectivity index is 1.28. The van der Waals surface area contributed by atoms with Crippen molar-refractivity contribution < 1.29 is 9.53 Å². The standard InChI is InChI=1S/C43H39N3O2/c1-26-23-28-13-6-7-14-29(28)30-18-19-32-31(38(26)30)20-21-34(43(47)36-17-10-22-46(36)2)39(32)42-40-33-15-8-9-16-35(33)45-41(40)37(24-44-42)48-25-27-11-4-3-5-12-27/h3-9,11-16,18-19,23-24,26,34,36,42H,10,17,20-22,25H2,1-2H3/t26?,34?,36?,42-/m0/s1. The van der Waals surface area contributed by atoms with Gasteiger partial charge in [-0.15, -0.1) is 0 Å². The molecule has 1 saturated heterocycles. The Kier molecular flexibility index (Phi) is 7.12. The van der Waals surface area contributed by atoms with Crippen molar-refractivity contribution in [3.63, 3.8) is 0 Å². The molecule has 0 radical (unpaired) electrons. The zero-order valence-corrected chi connectivity index (χ0v) is 27.5. The summed E-state index contributed by atoms with van der Waals surface area (Å²) in [6, 6.07) is 31.5. The van der Waals surface area contributed by atoms with Crippen molar-refractivity contribution in [3.8, 4) is 0 Å². The van der Waals surface area contributed by atoms with Gasteiger partial charge in [-0.25, -0.2) is 4.99 Å². The molecule has 238 valence electrons. The van der Waals surface area contributed by atoms with E-state index in [1.165, 1.54) is 32.0 Å². The van der Waals surface area contributed by atoms with Crippen LogP contribution in [0.1, 0.15) is 48.8 Å². The Labute approximate surface area is 280 Å². The first kappa shape index (κ1) is 29.3. The third-order valence-electron chi connectivity index (χ3n) is 11.1. The number of likely N-dealkylation sites (tertiary alicyclic amines) is 1. The number of para-hydroxylation sites is 1. The SMILES string of the molecule is CC1C=c2ccccc2=c2ccc3c(c21)CCC(C(=O)C1CCCN1C)C=3[C@@H]1N=CC(OCc2ccccc2)=C2N=c3ccccc3=C21. The largest absolute Gasteiger partial charge is 0.485 e. The van der Waals surface area contributed by atoms with Crippen LogP contribution in [0.5, 0.6) is 0 Å². The molecule has 4 aromatic carbocycles. The zero-order chi connectivity index (χ0) is 32.4. The molecule has 3 unspecified atom stereocenters. The number of ether oxygens (including phenoxy) is 1. The highest BCUT2D eigenvalue weighted by Crippen LogP contribution is 2.40. The average molecular weight is 630 g/mol. The quantitative estimate of drug-likeness (QED) is 0.313. The van der Waals surface area contributed by atoms with Crippen LogP contribution in [0.15, 0.2) is 112 Å². The molecule has 5 nitrogen and oxygen atoms in total. The number of fused-ring (bicyclic) bond motifs is 6. The number of rotatable bonds is 6. The normalized spacial score (nSPS) is 23.8. The first-order chi connectivity index (χ1) is 23.6. The van der Waals surface area contributed by atoms with E-state index < -0.39 is 0 Å². The molecule has 5 heteroatoms. The molecular weight excluding hydrogens is 590 g/mol. The van der Waals surface area contributed by atoms with Crippen LogP contribution in [0.25, 0.3) is 17.2 Å². The van der Waals surface area contributed by atoms with Crippen LogP contribution in [-0.2, 0) is 22.6 Å². The summed E-state index contributed by atoms with van der Waals surface area (Å²) in [5.74, 6) is 1.08. The summed E-state index contributed by atoms with van der Waals surface area (Å²) in [5, 5.41) is 7.11. The van der Waals surface area contributed by atoms with E-state index in [2.05, 4.69) is 91.7 Å². The lowest BCUT2D eigenvalue weighted by atomic mass is 9.72. The van der Waals surface area contributed by atoms with E-state index in [0.717, 1.165) is 65.2 Å². The second-order valence-electron chi connectivity index (χ2n) is 13.9. The smallest absolute Gasteiger partial charge is 0.163 e. The number of ketones is 1. The molecule has 4 atom stereocenters. The Morgan fingerprint density at radius 2 is 1.65 bits per heavy atom. The van der Waals surface area contributed by atoms with Crippen LogP contribution >= 0.6 is 0 Å². The van der Waals surface area contributed by atoms with Gasteiger partial charge in [-0.3, -0.25) is 14.7 Å². The molecule has 48 heavy (non-hydrogen) atoms.